The molecule has 1 nitrogen and oxygen atoms in total. The van der Waals surface area contributed by atoms with Crippen LogP contribution in [-0.4, -0.2) is 6.67 Å². The second kappa shape index (κ2) is 5.01. The molecule has 1 atom stereocenters. The number of nitrogens with two attached hydrogens (primary N) is 1. The maximum absolute atomic E-state index is 12.6. The number of rotatable bonds is 3. The van der Waals surface area contributed by atoms with Crippen LogP contribution in [0.1, 0.15) is 23.6 Å². The maximum atomic E-state index is 12.6. The van der Waals surface area contributed by atoms with Crippen molar-refractivity contribution in [2.75, 3.05) is 6.67 Å². The van der Waals surface area contributed by atoms with Gasteiger partial charge in [-0.25, -0.2) is 0 Å². The van der Waals surface area contributed by atoms with Gasteiger partial charge >= 0.3 is 6.18 Å². The first-order chi connectivity index (χ1) is 7.38. The van der Waals surface area contributed by atoms with Crippen LogP contribution in [0.5, 0.6) is 0 Å². The van der Waals surface area contributed by atoms with Gasteiger partial charge < -0.3 is 5.73 Å². The minimum atomic E-state index is -4.53. The summed E-state index contributed by atoms with van der Waals surface area (Å²) < 4.78 is 49.9. The van der Waals surface area contributed by atoms with E-state index in [-0.39, 0.29) is 17.0 Å². The number of hydrogen-bond donors (Lipinski definition) is 1. The molecule has 0 unspecified atom stereocenters. The minimum absolute atomic E-state index is 0.0872. The molecule has 0 saturated carbocycles. The Morgan fingerprint density at radius 1 is 1.31 bits per heavy atom. The van der Waals surface area contributed by atoms with Crippen molar-refractivity contribution in [2.24, 2.45) is 5.73 Å². The topological polar surface area (TPSA) is 26.0 Å². The molecular weight excluding hydrogens is 246 g/mol. The largest absolute Gasteiger partial charge is 0.416 e. The van der Waals surface area contributed by atoms with Gasteiger partial charge in [-0.2, -0.15) is 13.2 Å². The normalized spacial score (nSPS) is 13.9. The first-order valence-electron chi connectivity index (χ1n) is 4.55. The number of hydrogen-bond acceptors (Lipinski definition) is 1. The van der Waals surface area contributed by atoms with E-state index in [2.05, 4.69) is 0 Å². The van der Waals surface area contributed by atoms with E-state index in [4.69, 9.17) is 17.3 Å². The zero-order valence-corrected chi connectivity index (χ0v) is 8.95. The Hall–Kier alpha value is -0.810. The lowest BCUT2D eigenvalue weighted by atomic mass is 9.98. The molecule has 90 valence electrons. The van der Waals surface area contributed by atoms with Crippen molar-refractivity contribution in [3.8, 4) is 0 Å². The van der Waals surface area contributed by atoms with Gasteiger partial charge in [0.1, 0.15) is 0 Å². The van der Waals surface area contributed by atoms with E-state index in [9.17, 15) is 17.6 Å². The summed E-state index contributed by atoms with van der Waals surface area (Å²) in [4.78, 5) is 0. The lowest BCUT2D eigenvalue weighted by Crippen LogP contribution is -2.18. The van der Waals surface area contributed by atoms with Crippen LogP contribution in [-0.2, 0) is 6.18 Å². The zero-order chi connectivity index (χ0) is 12.3. The predicted molar refractivity (Wildman–Crippen MR) is 54.0 cm³/mol. The van der Waals surface area contributed by atoms with Crippen LogP contribution in [0.2, 0.25) is 5.02 Å². The highest BCUT2D eigenvalue weighted by Gasteiger charge is 2.35. The molecule has 0 bridgehead atoms. The molecule has 0 heterocycles. The number of alkyl halides is 4. The second-order valence-corrected chi connectivity index (χ2v) is 3.69. The van der Waals surface area contributed by atoms with Gasteiger partial charge in [0.05, 0.1) is 12.2 Å². The summed E-state index contributed by atoms with van der Waals surface area (Å²) in [6, 6.07) is 2.34. The Labute approximate surface area is 95.2 Å². The van der Waals surface area contributed by atoms with Crippen molar-refractivity contribution < 1.29 is 17.6 Å². The molecule has 0 spiro atoms. The summed E-state index contributed by atoms with van der Waals surface area (Å²) >= 11 is 5.66. The summed E-state index contributed by atoms with van der Waals surface area (Å²) in [5.41, 5.74) is 4.34. The molecule has 0 amide bonds. The fraction of sp³-hybridized carbons (Fsp3) is 0.400. The van der Waals surface area contributed by atoms with E-state index < -0.39 is 24.5 Å². The third-order valence-electron chi connectivity index (χ3n) is 2.15. The fourth-order valence-electron chi connectivity index (χ4n) is 1.42. The maximum Gasteiger partial charge on any atom is 0.416 e. The summed E-state index contributed by atoms with van der Waals surface area (Å²) in [6.45, 7) is -0.788. The van der Waals surface area contributed by atoms with Crippen LogP contribution in [0, 0.1) is 0 Å². The molecule has 0 saturated heterocycles. The smallest absolute Gasteiger partial charge is 0.324 e. The highest BCUT2D eigenvalue weighted by atomic mass is 35.5. The highest BCUT2D eigenvalue weighted by Crippen LogP contribution is 2.38. The quantitative estimate of drug-likeness (QED) is 0.819. The Kier molecular flexibility index (Phi) is 4.15. The fourth-order valence-corrected chi connectivity index (χ4v) is 1.74. The van der Waals surface area contributed by atoms with Gasteiger partial charge in [-0.1, -0.05) is 17.7 Å². The average Bonchev–Trinajstić information content (AvgIpc) is 2.16. The molecule has 0 radical (unpaired) electrons. The molecule has 0 aliphatic rings. The van der Waals surface area contributed by atoms with Crippen molar-refractivity contribution in [1.29, 1.82) is 0 Å². The molecule has 1 aromatic rings. The second-order valence-electron chi connectivity index (χ2n) is 3.28. The molecule has 0 aliphatic heterocycles. The van der Waals surface area contributed by atoms with Gasteiger partial charge in [-0.05, 0) is 24.1 Å². The zero-order valence-electron chi connectivity index (χ0n) is 8.19. The van der Waals surface area contributed by atoms with Crippen molar-refractivity contribution in [2.45, 2.75) is 18.6 Å². The minimum Gasteiger partial charge on any atom is -0.324 e. The van der Waals surface area contributed by atoms with Crippen LogP contribution in [0.3, 0.4) is 0 Å². The Bertz CT molecular complexity index is 364. The summed E-state index contributed by atoms with van der Waals surface area (Å²) in [7, 11) is 0. The molecule has 16 heavy (non-hydrogen) atoms. The van der Waals surface area contributed by atoms with Gasteiger partial charge in [0.25, 0.3) is 0 Å². The average molecular weight is 256 g/mol. The van der Waals surface area contributed by atoms with Crippen LogP contribution in [0.15, 0.2) is 18.2 Å². The molecule has 0 aromatic heterocycles. The first-order valence-corrected chi connectivity index (χ1v) is 4.93. The Balaban J connectivity index is 3.24. The summed E-state index contributed by atoms with van der Waals surface area (Å²) in [6.07, 6.45) is -4.72. The van der Waals surface area contributed by atoms with Gasteiger partial charge in [0.2, 0.25) is 0 Å². The van der Waals surface area contributed by atoms with Crippen molar-refractivity contribution in [1.82, 2.24) is 0 Å². The lowest BCUT2D eigenvalue weighted by molar-refractivity contribution is -0.138. The van der Waals surface area contributed by atoms with Crippen LogP contribution in [0.25, 0.3) is 0 Å². The Morgan fingerprint density at radius 2 is 1.94 bits per heavy atom. The third kappa shape index (κ3) is 2.86. The van der Waals surface area contributed by atoms with E-state index in [0.29, 0.717) is 0 Å². The first kappa shape index (κ1) is 13.3. The van der Waals surface area contributed by atoms with Crippen LogP contribution >= 0.6 is 11.6 Å². The van der Waals surface area contributed by atoms with Gasteiger partial charge in [-0.3, -0.25) is 4.39 Å². The standard InChI is InChI=1S/C10H10ClF4N/c11-7-3-1-2-6(10(13,14)15)9(7)8(16)4-5-12/h1-3,8H,4-5,16H2/t8-/m1/s1. The van der Waals surface area contributed by atoms with E-state index in [1.54, 1.807) is 0 Å². The molecule has 1 rings (SSSR count). The molecule has 0 fully saturated rings. The van der Waals surface area contributed by atoms with E-state index >= 15 is 0 Å². The van der Waals surface area contributed by atoms with E-state index in [1.807, 2.05) is 0 Å². The highest BCUT2D eigenvalue weighted by molar-refractivity contribution is 6.31. The van der Waals surface area contributed by atoms with E-state index in [0.717, 1.165) is 6.07 Å². The van der Waals surface area contributed by atoms with E-state index in [1.165, 1.54) is 12.1 Å². The monoisotopic (exact) mass is 255 g/mol. The molecule has 6 heteroatoms. The van der Waals surface area contributed by atoms with Crippen LogP contribution in [0.4, 0.5) is 17.6 Å². The Morgan fingerprint density at radius 3 is 2.44 bits per heavy atom. The van der Waals surface area contributed by atoms with Gasteiger partial charge in [0.15, 0.2) is 0 Å². The SMILES string of the molecule is N[C@H](CCF)c1c(Cl)cccc1C(F)(F)F. The third-order valence-corrected chi connectivity index (χ3v) is 2.48. The summed E-state index contributed by atoms with van der Waals surface area (Å²) in [5, 5.41) is -0.0872. The van der Waals surface area contributed by atoms with Crippen molar-refractivity contribution in [3.05, 3.63) is 34.3 Å². The van der Waals surface area contributed by atoms with Crippen molar-refractivity contribution in [3.63, 3.8) is 0 Å². The molecule has 1 aromatic carbocycles. The number of halogens is 5. The molecule has 2 N–H and O–H groups in total. The lowest BCUT2D eigenvalue weighted by Gasteiger charge is -2.18. The number of benzene rings is 1. The van der Waals surface area contributed by atoms with Crippen molar-refractivity contribution >= 4 is 11.6 Å². The predicted octanol–water partition coefficient (Wildman–Crippen LogP) is 3.72. The molecule has 0 aliphatic carbocycles. The summed E-state index contributed by atoms with van der Waals surface area (Å²) in [5.74, 6) is 0. The van der Waals surface area contributed by atoms with Gasteiger partial charge in [0, 0.05) is 11.1 Å². The van der Waals surface area contributed by atoms with Crippen LogP contribution < -0.4 is 5.73 Å². The van der Waals surface area contributed by atoms with Gasteiger partial charge in [-0.15, -0.1) is 0 Å². The molecular formula is C10H10ClF4N.